The molecule has 5 N–H and O–H groups in total. The van der Waals surface area contributed by atoms with E-state index in [0.717, 1.165) is 19.3 Å². The van der Waals surface area contributed by atoms with Gasteiger partial charge in [0.1, 0.15) is 18.6 Å². The number of carbonyl (C=O) groups excluding carboxylic acids is 2. The van der Waals surface area contributed by atoms with E-state index in [2.05, 4.69) is 35.5 Å². The van der Waals surface area contributed by atoms with Crippen LogP contribution in [0.1, 0.15) is 58.3 Å². The summed E-state index contributed by atoms with van der Waals surface area (Å²) in [7, 11) is 0. The molecular formula is C18H33N3O6S. The quantitative estimate of drug-likeness (QED) is 0.151. The Morgan fingerprint density at radius 1 is 0.964 bits per heavy atom. The molecular weight excluding hydrogens is 386 g/mol. The third-order valence-electron chi connectivity index (χ3n) is 4.13. The molecule has 10 heteroatoms. The Labute approximate surface area is 171 Å². The van der Waals surface area contributed by atoms with E-state index in [-0.39, 0.29) is 18.6 Å². The molecule has 0 saturated carbocycles. The number of hydrogen-bond acceptors (Lipinski definition) is 6. The van der Waals surface area contributed by atoms with Gasteiger partial charge in [0.05, 0.1) is 0 Å². The van der Waals surface area contributed by atoms with Gasteiger partial charge in [0.15, 0.2) is 0 Å². The molecule has 2 amide bonds. The van der Waals surface area contributed by atoms with Crippen LogP contribution in [0.25, 0.3) is 0 Å². The molecule has 0 saturated heterocycles. The summed E-state index contributed by atoms with van der Waals surface area (Å²) in [6.07, 6.45) is 6.64. The average molecular weight is 420 g/mol. The molecule has 9 nitrogen and oxygen atoms in total. The van der Waals surface area contributed by atoms with Gasteiger partial charge in [-0.3, -0.25) is 19.2 Å². The summed E-state index contributed by atoms with van der Waals surface area (Å²) in [5.74, 6) is -3.36. The molecule has 162 valence electrons. The van der Waals surface area contributed by atoms with Crippen LogP contribution in [0, 0.1) is 0 Å². The molecule has 0 radical (unpaired) electrons. The second-order valence-corrected chi connectivity index (χ2v) is 6.93. The zero-order valence-corrected chi connectivity index (χ0v) is 17.3. The van der Waals surface area contributed by atoms with Gasteiger partial charge in [-0.1, -0.05) is 39.0 Å². The normalized spacial score (nSPS) is 12.8. The topological polar surface area (TPSA) is 145 Å². The first-order chi connectivity index (χ1) is 13.3. The van der Waals surface area contributed by atoms with Gasteiger partial charge in [0.2, 0.25) is 11.8 Å². The minimum absolute atomic E-state index is 0.00413. The monoisotopic (exact) mass is 419 g/mol. The molecule has 0 aromatic heterocycles. The number of unbranched alkanes of at least 4 members (excludes halogenated alkanes) is 5. The highest BCUT2D eigenvalue weighted by Gasteiger charge is 2.22. The maximum absolute atomic E-state index is 12.0. The number of nitrogens with one attached hydrogen (secondary N) is 3. The number of carbonyl (C=O) groups is 4. The maximum atomic E-state index is 12.0. The molecule has 0 aromatic rings. The average Bonchev–Trinajstić information content (AvgIpc) is 2.65. The SMILES string of the molecule is CCCCCCCCN[C@@H](CCC(=O)N[C@@H](CS)C(=O)NCC(=O)O)C(=O)O. The second kappa shape index (κ2) is 16.2. The van der Waals surface area contributed by atoms with Crippen molar-refractivity contribution in [3.8, 4) is 0 Å². The summed E-state index contributed by atoms with van der Waals surface area (Å²) in [5, 5.41) is 25.4. The highest BCUT2D eigenvalue weighted by atomic mass is 32.1. The molecule has 0 aliphatic carbocycles. The number of amides is 2. The molecule has 0 unspecified atom stereocenters. The smallest absolute Gasteiger partial charge is 0.322 e. The number of carboxylic acid groups (broad SMARTS) is 2. The lowest BCUT2D eigenvalue weighted by Crippen LogP contribution is -2.49. The summed E-state index contributed by atoms with van der Waals surface area (Å²) in [6, 6.07) is -1.81. The zero-order valence-electron chi connectivity index (χ0n) is 16.4. The predicted octanol–water partition coefficient (Wildman–Crippen LogP) is 0.785. The first-order valence-corrected chi connectivity index (χ1v) is 10.3. The molecule has 0 aliphatic heterocycles. The van der Waals surface area contributed by atoms with Crippen molar-refractivity contribution in [2.24, 2.45) is 0 Å². The minimum atomic E-state index is -1.20. The van der Waals surface area contributed by atoms with Gasteiger partial charge in [-0.05, 0) is 19.4 Å². The predicted molar refractivity (Wildman–Crippen MR) is 108 cm³/mol. The van der Waals surface area contributed by atoms with Crippen LogP contribution >= 0.6 is 12.6 Å². The Morgan fingerprint density at radius 3 is 2.18 bits per heavy atom. The number of thiol groups is 1. The van der Waals surface area contributed by atoms with Crippen molar-refractivity contribution in [2.75, 3.05) is 18.8 Å². The summed E-state index contributed by atoms with van der Waals surface area (Å²) in [6.45, 7) is 2.17. The number of hydrogen-bond donors (Lipinski definition) is 6. The highest BCUT2D eigenvalue weighted by Crippen LogP contribution is 2.05. The van der Waals surface area contributed by atoms with Crippen LogP contribution in [-0.2, 0) is 19.2 Å². The van der Waals surface area contributed by atoms with Crippen LogP contribution in [-0.4, -0.2) is 64.9 Å². The molecule has 0 heterocycles. The first kappa shape index (κ1) is 26.2. The number of rotatable bonds is 17. The Bertz CT molecular complexity index is 504. The fourth-order valence-electron chi connectivity index (χ4n) is 2.52. The Hall–Kier alpha value is -1.81. The van der Waals surface area contributed by atoms with E-state index in [0.29, 0.717) is 6.54 Å². The van der Waals surface area contributed by atoms with Gasteiger partial charge < -0.3 is 26.2 Å². The van der Waals surface area contributed by atoms with E-state index in [9.17, 15) is 24.3 Å². The number of carboxylic acids is 2. The third kappa shape index (κ3) is 13.4. The first-order valence-electron chi connectivity index (χ1n) is 9.67. The van der Waals surface area contributed by atoms with Gasteiger partial charge in [0, 0.05) is 12.2 Å². The third-order valence-corrected chi connectivity index (χ3v) is 4.49. The lowest BCUT2D eigenvalue weighted by atomic mass is 10.1. The summed E-state index contributed by atoms with van der Waals surface area (Å²) < 4.78 is 0. The largest absolute Gasteiger partial charge is 0.480 e. The van der Waals surface area contributed by atoms with E-state index < -0.39 is 42.4 Å². The maximum Gasteiger partial charge on any atom is 0.322 e. The van der Waals surface area contributed by atoms with Crippen molar-refractivity contribution >= 4 is 36.4 Å². The fourth-order valence-corrected chi connectivity index (χ4v) is 2.77. The molecule has 28 heavy (non-hydrogen) atoms. The van der Waals surface area contributed by atoms with E-state index in [1.165, 1.54) is 19.3 Å². The second-order valence-electron chi connectivity index (χ2n) is 6.57. The van der Waals surface area contributed by atoms with Gasteiger partial charge in [0.25, 0.3) is 0 Å². The van der Waals surface area contributed by atoms with Crippen LogP contribution < -0.4 is 16.0 Å². The zero-order chi connectivity index (χ0) is 21.4. The molecule has 2 atom stereocenters. The van der Waals surface area contributed by atoms with Crippen LogP contribution in [0.15, 0.2) is 0 Å². The van der Waals surface area contributed by atoms with E-state index in [4.69, 9.17) is 5.11 Å². The van der Waals surface area contributed by atoms with Crippen molar-refractivity contribution in [1.82, 2.24) is 16.0 Å². The van der Waals surface area contributed by atoms with Gasteiger partial charge in [-0.15, -0.1) is 0 Å². The summed E-state index contributed by atoms with van der Waals surface area (Å²) in [4.78, 5) is 45.6. The van der Waals surface area contributed by atoms with E-state index in [1.807, 2.05) is 0 Å². The standard InChI is InChI=1S/C18H33N3O6S/c1-2-3-4-5-6-7-10-19-13(18(26)27)8-9-15(22)21-14(12-28)17(25)20-11-16(23)24/h13-14,19,28H,2-12H2,1H3,(H,20,25)(H,21,22)(H,23,24)(H,26,27)/t13-,14-/m0/s1. The lowest BCUT2D eigenvalue weighted by molar-refractivity contribution is -0.140. The number of aliphatic carboxylic acids is 2. The van der Waals surface area contributed by atoms with Crippen LogP contribution in [0.5, 0.6) is 0 Å². The highest BCUT2D eigenvalue weighted by molar-refractivity contribution is 7.80. The molecule has 0 fully saturated rings. The molecule has 0 aromatic carbocycles. The van der Waals surface area contributed by atoms with Crippen molar-refractivity contribution in [1.29, 1.82) is 0 Å². The Kier molecular flexibility index (Phi) is 15.1. The fraction of sp³-hybridized carbons (Fsp3) is 0.778. The van der Waals surface area contributed by atoms with Crippen molar-refractivity contribution in [3.63, 3.8) is 0 Å². The van der Waals surface area contributed by atoms with Crippen LogP contribution in [0.4, 0.5) is 0 Å². The van der Waals surface area contributed by atoms with Crippen LogP contribution in [0.2, 0.25) is 0 Å². The molecule has 0 spiro atoms. The minimum Gasteiger partial charge on any atom is -0.480 e. The molecule has 0 rings (SSSR count). The van der Waals surface area contributed by atoms with Gasteiger partial charge in [-0.2, -0.15) is 12.6 Å². The van der Waals surface area contributed by atoms with Crippen molar-refractivity contribution in [2.45, 2.75) is 70.4 Å². The summed E-state index contributed by atoms with van der Waals surface area (Å²) >= 11 is 3.97. The lowest BCUT2D eigenvalue weighted by Gasteiger charge is -2.17. The van der Waals surface area contributed by atoms with Gasteiger partial charge >= 0.3 is 11.9 Å². The van der Waals surface area contributed by atoms with E-state index >= 15 is 0 Å². The molecule has 0 aliphatic rings. The summed E-state index contributed by atoms with van der Waals surface area (Å²) in [5.41, 5.74) is 0. The Balaban J connectivity index is 4.21. The van der Waals surface area contributed by atoms with Crippen molar-refractivity contribution in [3.05, 3.63) is 0 Å². The van der Waals surface area contributed by atoms with Gasteiger partial charge in [-0.25, -0.2) is 0 Å². The van der Waals surface area contributed by atoms with E-state index in [1.54, 1.807) is 0 Å². The van der Waals surface area contributed by atoms with Crippen molar-refractivity contribution < 1.29 is 29.4 Å². The van der Waals surface area contributed by atoms with Crippen LogP contribution in [0.3, 0.4) is 0 Å². The Morgan fingerprint density at radius 2 is 1.61 bits per heavy atom. The molecule has 0 bridgehead atoms.